The summed E-state index contributed by atoms with van der Waals surface area (Å²) >= 11 is 5.44. The molecule has 1 aliphatic rings. The highest BCUT2D eigenvalue weighted by atomic mass is 35.5. The Balaban J connectivity index is 2.40. The molecule has 0 bridgehead atoms. The summed E-state index contributed by atoms with van der Waals surface area (Å²) in [6.45, 7) is 7.44. The lowest BCUT2D eigenvalue weighted by Crippen LogP contribution is -2.39. The van der Waals surface area contributed by atoms with Gasteiger partial charge in [0, 0.05) is 13.1 Å². The third-order valence-corrected chi connectivity index (χ3v) is 3.60. The molecule has 4 heteroatoms. The van der Waals surface area contributed by atoms with Crippen molar-refractivity contribution in [3.63, 3.8) is 0 Å². The van der Waals surface area contributed by atoms with Crippen molar-refractivity contribution >= 4 is 17.5 Å². The van der Waals surface area contributed by atoms with Crippen molar-refractivity contribution in [2.75, 3.05) is 32.6 Å². The molecule has 3 nitrogen and oxygen atoms in total. The predicted octanol–water partition coefficient (Wildman–Crippen LogP) is 1.32. The molecule has 0 aromatic rings. The fraction of sp³-hybridized carbons (Fsp3) is 0.909. The minimum Gasteiger partial charge on any atom is -0.355 e. The van der Waals surface area contributed by atoms with Gasteiger partial charge >= 0.3 is 0 Å². The number of carbonyl (C=O) groups is 1. The number of nitrogens with one attached hydrogen (secondary N) is 1. The van der Waals surface area contributed by atoms with E-state index in [0.717, 1.165) is 19.6 Å². The second-order valence-corrected chi connectivity index (χ2v) is 5.41. The lowest BCUT2D eigenvalue weighted by atomic mass is 9.78. The summed E-state index contributed by atoms with van der Waals surface area (Å²) < 4.78 is 0. The Morgan fingerprint density at radius 1 is 1.60 bits per heavy atom. The van der Waals surface area contributed by atoms with Crippen molar-refractivity contribution in [1.82, 2.24) is 10.2 Å². The van der Waals surface area contributed by atoms with Crippen LogP contribution in [-0.4, -0.2) is 43.4 Å². The van der Waals surface area contributed by atoms with Crippen molar-refractivity contribution in [2.45, 2.75) is 20.3 Å². The van der Waals surface area contributed by atoms with Crippen LogP contribution in [0.15, 0.2) is 0 Å². The van der Waals surface area contributed by atoms with Crippen LogP contribution in [-0.2, 0) is 4.79 Å². The van der Waals surface area contributed by atoms with Crippen LogP contribution in [0, 0.1) is 11.3 Å². The number of amides is 1. The minimum atomic E-state index is -0.0731. The maximum Gasteiger partial charge on any atom is 0.234 e. The molecular weight excluding hydrogens is 212 g/mol. The van der Waals surface area contributed by atoms with E-state index in [0.29, 0.717) is 5.92 Å². The number of nitrogens with zero attached hydrogens (tertiary/aromatic N) is 1. The van der Waals surface area contributed by atoms with Gasteiger partial charge in [-0.25, -0.2) is 0 Å². The van der Waals surface area contributed by atoms with E-state index in [1.165, 1.54) is 6.42 Å². The molecule has 1 fully saturated rings. The summed E-state index contributed by atoms with van der Waals surface area (Å²) in [5.74, 6) is 0.648. The lowest BCUT2D eigenvalue weighted by Gasteiger charge is -2.31. The largest absolute Gasteiger partial charge is 0.355 e. The molecule has 1 N–H and O–H groups in total. The average Bonchev–Trinajstić information content (AvgIpc) is 2.62. The Morgan fingerprint density at radius 2 is 2.27 bits per heavy atom. The van der Waals surface area contributed by atoms with E-state index in [1.807, 2.05) is 0 Å². The first-order valence-electron chi connectivity index (χ1n) is 5.47. The predicted molar refractivity (Wildman–Crippen MR) is 63.1 cm³/mol. The summed E-state index contributed by atoms with van der Waals surface area (Å²) in [5.41, 5.74) is 0.159. The zero-order chi connectivity index (χ0) is 11.5. The fourth-order valence-electron chi connectivity index (χ4n) is 2.09. The van der Waals surface area contributed by atoms with Crippen molar-refractivity contribution in [1.29, 1.82) is 0 Å². The number of halogens is 1. The van der Waals surface area contributed by atoms with Crippen LogP contribution in [0.5, 0.6) is 0 Å². The minimum absolute atomic E-state index is 0.0562. The Morgan fingerprint density at radius 3 is 2.73 bits per heavy atom. The van der Waals surface area contributed by atoms with E-state index in [-0.39, 0.29) is 17.2 Å². The van der Waals surface area contributed by atoms with Gasteiger partial charge in [-0.3, -0.25) is 4.79 Å². The summed E-state index contributed by atoms with van der Waals surface area (Å²) in [6, 6.07) is 0. The lowest BCUT2D eigenvalue weighted by molar-refractivity contribution is -0.119. The third-order valence-electron chi connectivity index (χ3n) is 3.36. The highest BCUT2D eigenvalue weighted by Gasteiger charge is 2.33. The topological polar surface area (TPSA) is 32.3 Å². The van der Waals surface area contributed by atoms with Crippen LogP contribution in [0.1, 0.15) is 20.3 Å². The SMILES string of the molecule is CN1CCC(C(C)(C)CNC(=O)CCl)C1. The monoisotopic (exact) mass is 232 g/mol. The molecule has 88 valence electrons. The third kappa shape index (κ3) is 3.65. The Kier molecular flexibility index (Phi) is 4.41. The molecule has 1 unspecified atom stereocenters. The standard InChI is InChI=1S/C11H21ClN2O/c1-11(2,8-13-10(15)6-12)9-4-5-14(3)7-9/h9H,4-8H2,1-3H3,(H,13,15). The van der Waals surface area contributed by atoms with Crippen LogP contribution in [0.4, 0.5) is 0 Å². The van der Waals surface area contributed by atoms with Gasteiger partial charge in [0.25, 0.3) is 0 Å². The zero-order valence-electron chi connectivity index (χ0n) is 9.85. The van der Waals surface area contributed by atoms with Gasteiger partial charge in [-0.05, 0) is 31.3 Å². The van der Waals surface area contributed by atoms with E-state index in [2.05, 4.69) is 31.1 Å². The molecule has 0 radical (unpaired) electrons. The van der Waals surface area contributed by atoms with Gasteiger partial charge in [0.05, 0.1) is 0 Å². The van der Waals surface area contributed by atoms with Crippen molar-refractivity contribution in [3.8, 4) is 0 Å². The van der Waals surface area contributed by atoms with E-state index >= 15 is 0 Å². The quantitative estimate of drug-likeness (QED) is 0.742. The van der Waals surface area contributed by atoms with Crippen molar-refractivity contribution < 1.29 is 4.79 Å². The maximum atomic E-state index is 11.1. The van der Waals surface area contributed by atoms with Crippen molar-refractivity contribution in [3.05, 3.63) is 0 Å². The molecule has 1 aliphatic heterocycles. The second kappa shape index (κ2) is 5.17. The van der Waals surface area contributed by atoms with E-state index < -0.39 is 0 Å². The van der Waals surface area contributed by atoms with Gasteiger partial charge in [0.1, 0.15) is 5.88 Å². The first-order chi connectivity index (χ1) is 6.95. The molecule has 1 amide bonds. The first kappa shape index (κ1) is 12.8. The van der Waals surface area contributed by atoms with Crippen LogP contribution in [0.25, 0.3) is 0 Å². The smallest absolute Gasteiger partial charge is 0.234 e. The Hall–Kier alpha value is -0.280. The van der Waals surface area contributed by atoms with Crippen LogP contribution >= 0.6 is 11.6 Å². The molecule has 1 saturated heterocycles. The maximum absolute atomic E-state index is 11.1. The fourth-order valence-corrected chi connectivity index (χ4v) is 2.19. The highest BCUT2D eigenvalue weighted by Crippen LogP contribution is 2.33. The molecular formula is C11H21ClN2O. The molecule has 1 atom stereocenters. The van der Waals surface area contributed by atoms with Gasteiger partial charge in [-0.2, -0.15) is 0 Å². The van der Waals surface area contributed by atoms with Gasteiger partial charge in [-0.1, -0.05) is 13.8 Å². The summed E-state index contributed by atoms with van der Waals surface area (Å²) in [4.78, 5) is 13.4. The summed E-state index contributed by atoms with van der Waals surface area (Å²) in [6.07, 6.45) is 1.22. The average molecular weight is 233 g/mol. The number of likely N-dealkylation sites (tertiary alicyclic amines) is 1. The van der Waals surface area contributed by atoms with Gasteiger partial charge in [0.15, 0.2) is 0 Å². The van der Waals surface area contributed by atoms with E-state index in [9.17, 15) is 4.79 Å². The molecule has 1 rings (SSSR count). The van der Waals surface area contributed by atoms with Gasteiger partial charge in [-0.15, -0.1) is 11.6 Å². The molecule has 15 heavy (non-hydrogen) atoms. The normalized spacial score (nSPS) is 23.1. The van der Waals surface area contributed by atoms with Gasteiger partial charge < -0.3 is 10.2 Å². The number of hydrogen-bond acceptors (Lipinski definition) is 2. The molecule has 0 saturated carbocycles. The molecule has 0 aromatic carbocycles. The zero-order valence-corrected chi connectivity index (χ0v) is 10.6. The molecule has 0 aliphatic carbocycles. The molecule has 0 spiro atoms. The van der Waals surface area contributed by atoms with Crippen LogP contribution in [0.2, 0.25) is 0 Å². The van der Waals surface area contributed by atoms with Crippen LogP contribution in [0.3, 0.4) is 0 Å². The molecule has 1 heterocycles. The molecule has 0 aromatic heterocycles. The van der Waals surface area contributed by atoms with Crippen molar-refractivity contribution in [2.24, 2.45) is 11.3 Å². The van der Waals surface area contributed by atoms with Gasteiger partial charge in [0.2, 0.25) is 5.91 Å². The number of rotatable bonds is 4. The second-order valence-electron chi connectivity index (χ2n) is 5.15. The summed E-state index contributed by atoms with van der Waals surface area (Å²) in [5, 5.41) is 2.87. The highest BCUT2D eigenvalue weighted by molar-refractivity contribution is 6.27. The summed E-state index contributed by atoms with van der Waals surface area (Å²) in [7, 11) is 2.15. The number of alkyl halides is 1. The Labute approximate surface area is 97.2 Å². The number of hydrogen-bond donors (Lipinski definition) is 1. The first-order valence-corrected chi connectivity index (χ1v) is 6.00. The number of carbonyl (C=O) groups excluding carboxylic acids is 1. The van der Waals surface area contributed by atoms with E-state index in [4.69, 9.17) is 11.6 Å². The van der Waals surface area contributed by atoms with Crippen LogP contribution < -0.4 is 5.32 Å². The Bertz CT molecular complexity index is 231. The van der Waals surface area contributed by atoms with E-state index in [1.54, 1.807) is 0 Å².